The molecule has 96 valence electrons. The molecule has 0 radical (unpaired) electrons. The maximum atomic E-state index is 12.0. The van der Waals surface area contributed by atoms with Gasteiger partial charge in [-0.2, -0.15) is 13.2 Å². The number of fused-ring (bicyclic) bond motifs is 1. The number of hydrogen-bond acceptors (Lipinski definition) is 1. The van der Waals surface area contributed by atoms with Crippen molar-refractivity contribution in [2.75, 3.05) is 6.54 Å². The molecule has 3 nitrogen and oxygen atoms in total. The molecule has 0 spiro atoms. The highest BCUT2D eigenvalue weighted by Gasteiger charge is 2.28. The van der Waals surface area contributed by atoms with Gasteiger partial charge >= 0.3 is 6.18 Å². The summed E-state index contributed by atoms with van der Waals surface area (Å²) in [5.74, 6) is -0.778. The lowest BCUT2D eigenvalue weighted by Gasteiger charge is -2.06. The molecule has 0 fully saturated rings. The molecule has 0 unspecified atom stereocenters. The lowest BCUT2D eigenvalue weighted by molar-refractivity contribution is -0.123. The number of hydrogen-bond donors (Lipinski definition) is 2. The molecule has 2 rings (SSSR count). The van der Waals surface area contributed by atoms with Crippen LogP contribution >= 0.6 is 15.9 Å². The zero-order valence-electron chi connectivity index (χ0n) is 8.94. The van der Waals surface area contributed by atoms with Gasteiger partial charge in [0.15, 0.2) is 0 Å². The number of aromatic nitrogens is 1. The monoisotopic (exact) mass is 320 g/mol. The Kier molecular flexibility index (Phi) is 3.34. The molecule has 1 heterocycles. The number of aromatic amines is 1. The van der Waals surface area contributed by atoms with E-state index in [0.717, 1.165) is 9.86 Å². The summed E-state index contributed by atoms with van der Waals surface area (Å²) < 4.78 is 36.7. The fraction of sp³-hybridized carbons (Fsp3) is 0.182. The van der Waals surface area contributed by atoms with E-state index < -0.39 is 18.6 Å². The zero-order chi connectivity index (χ0) is 13.3. The number of nitrogens with one attached hydrogen (secondary N) is 2. The zero-order valence-corrected chi connectivity index (χ0v) is 10.5. The highest BCUT2D eigenvalue weighted by Crippen LogP contribution is 2.20. The van der Waals surface area contributed by atoms with Gasteiger partial charge in [0.25, 0.3) is 5.91 Å². The van der Waals surface area contributed by atoms with Gasteiger partial charge in [-0.15, -0.1) is 0 Å². The molecule has 0 saturated heterocycles. The van der Waals surface area contributed by atoms with Crippen LogP contribution in [0.5, 0.6) is 0 Å². The van der Waals surface area contributed by atoms with E-state index in [1.165, 1.54) is 6.07 Å². The Morgan fingerprint density at radius 1 is 1.33 bits per heavy atom. The Morgan fingerprint density at radius 3 is 2.72 bits per heavy atom. The van der Waals surface area contributed by atoms with Gasteiger partial charge in [-0.3, -0.25) is 4.79 Å². The van der Waals surface area contributed by atoms with Crippen LogP contribution < -0.4 is 5.32 Å². The van der Waals surface area contributed by atoms with Crippen LogP contribution in [0.2, 0.25) is 0 Å². The fourth-order valence-corrected chi connectivity index (χ4v) is 1.86. The Bertz CT molecular complexity index is 591. The number of amides is 1. The van der Waals surface area contributed by atoms with E-state index >= 15 is 0 Å². The average Bonchev–Trinajstić information content (AvgIpc) is 2.67. The normalized spacial score (nSPS) is 11.8. The smallest absolute Gasteiger partial charge is 0.350 e. The van der Waals surface area contributed by atoms with E-state index in [-0.39, 0.29) is 5.69 Å². The van der Waals surface area contributed by atoms with E-state index in [2.05, 4.69) is 20.9 Å². The Labute approximate surface area is 108 Å². The lowest BCUT2D eigenvalue weighted by atomic mass is 10.2. The summed E-state index contributed by atoms with van der Waals surface area (Å²) in [6.07, 6.45) is -4.41. The van der Waals surface area contributed by atoms with Gasteiger partial charge in [0.2, 0.25) is 0 Å². The molecule has 0 saturated carbocycles. The highest BCUT2D eigenvalue weighted by atomic mass is 79.9. The molecule has 0 atom stereocenters. The SMILES string of the molecule is O=C(NCC(F)(F)F)c1cc2ccc(Br)cc2[nH]1. The predicted molar refractivity (Wildman–Crippen MR) is 64.4 cm³/mol. The van der Waals surface area contributed by atoms with Crippen LogP contribution in [0.15, 0.2) is 28.7 Å². The van der Waals surface area contributed by atoms with Crippen molar-refractivity contribution < 1.29 is 18.0 Å². The third-order valence-corrected chi connectivity index (χ3v) is 2.77. The second kappa shape index (κ2) is 4.64. The van der Waals surface area contributed by atoms with Gasteiger partial charge in [0.05, 0.1) is 0 Å². The summed E-state index contributed by atoms with van der Waals surface area (Å²) >= 11 is 3.27. The van der Waals surface area contributed by atoms with Crippen LogP contribution in [0.3, 0.4) is 0 Å². The van der Waals surface area contributed by atoms with E-state index in [1.54, 1.807) is 18.2 Å². The van der Waals surface area contributed by atoms with Gasteiger partial charge in [0.1, 0.15) is 12.2 Å². The molecule has 1 amide bonds. The first kappa shape index (κ1) is 12.9. The summed E-state index contributed by atoms with van der Waals surface area (Å²) in [5, 5.41) is 2.57. The van der Waals surface area contributed by atoms with Gasteiger partial charge < -0.3 is 10.3 Å². The van der Waals surface area contributed by atoms with Crippen molar-refractivity contribution in [3.8, 4) is 0 Å². The quantitative estimate of drug-likeness (QED) is 0.876. The molecule has 2 aromatic rings. The van der Waals surface area contributed by atoms with Crippen LogP contribution in [0.25, 0.3) is 10.9 Å². The van der Waals surface area contributed by atoms with Crippen LogP contribution in [0.1, 0.15) is 10.5 Å². The van der Waals surface area contributed by atoms with Crippen LogP contribution in [-0.4, -0.2) is 23.6 Å². The minimum Gasteiger partial charge on any atom is -0.350 e. The molecule has 7 heteroatoms. The molecule has 1 aromatic heterocycles. The molecule has 1 aromatic carbocycles. The standard InChI is InChI=1S/C11H8BrF3N2O/c12-7-2-1-6-3-9(17-8(6)4-7)10(18)16-5-11(13,14)15/h1-4,17H,5H2,(H,16,18). The van der Waals surface area contributed by atoms with Gasteiger partial charge in [-0.05, 0) is 18.2 Å². The third kappa shape index (κ3) is 3.04. The van der Waals surface area contributed by atoms with E-state index in [9.17, 15) is 18.0 Å². The van der Waals surface area contributed by atoms with Crippen molar-refractivity contribution in [3.63, 3.8) is 0 Å². The molecule has 0 aliphatic heterocycles. The summed E-state index contributed by atoms with van der Waals surface area (Å²) in [4.78, 5) is 14.3. The van der Waals surface area contributed by atoms with Crippen molar-refractivity contribution in [1.82, 2.24) is 10.3 Å². The Morgan fingerprint density at radius 2 is 2.06 bits per heavy atom. The van der Waals surface area contributed by atoms with Crippen molar-refractivity contribution in [3.05, 3.63) is 34.4 Å². The first-order valence-electron chi connectivity index (χ1n) is 4.98. The number of alkyl halides is 3. The number of halogens is 4. The molecule has 2 N–H and O–H groups in total. The van der Waals surface area contributed by atoms with E-state index in [4.69, 9.17) is 0 Å². The van der Waals surface area contributed by atoms with Crippen molar-refractivity contribution in [2.45, 2.75) is 6.18 Å². The predicted octanol–water partition coefficient (Wildman–Crippen LogP) is 3.22. The number of rotatable bonds is 2. The fourth-order valence-electron chi connectivity index (χ4n) is 1.50. The van der Waals surface area contributed by atoms with Gasteiger partial charge in [-0.25, -0.2) is 0 Å². The first-order valence-corrected chi connectivity index (χ1v) is 5.78. The van der Waals surface area contributed by atoms with Crippen LogP contribution in [-0.2, 0) is 0 Å². The number of carbonyl (C=O) groups excluding carboxylic acids is 1. The van der Waals surface area contributed by atoms with Crippen LogP contribution in [0, 0.1) is 0 Å². The minimum atomic E-state index is -4.41. The van der Waals surface area contributed by atoms with Crippen molar-refractivity contribution >= 4 is 32.7 Å². The topological polar surface area (TPSA) is 44.9 Å². The third-order valence-electron chi connectivity index (χ3n) is 2.28. The highest BCUT2D eigenvalue weighted by molar-refractivity contribution is 9.10. The largest absolute Gasteiger partial charge is 0.405 e. The summed E-state index contributed by atoms with van der Waals surface area (Å²) in [7, 11) is 0. The first-order chi connectivity index (χ1) is 8.35. The molecule has 0 bridgehead atoms. The maximum absolute atomic E-state index is 12.0. The summed E-state index contributed by atoms with van der Waals surface area (Å²) in [6.45, 7) is -1.34. The van der Waals surface area contributed by atoms with E-state index in [0.29, 0.717) is 5.52 Å². The molecule has 0 aliphatic carbocycles. The lowest BCUT2D eigenvalue weighted by Crippen LogP contribution is -2.33. The van der Waals surface area contributed by atoms with Crippen molar-refractivity contribution in [2.24, 2.45) is 0 Å². The van der Waals surface area contributed by atoms with Crippen LogP contribution in [0.4, 0.5) is 13.2 Å². The second-order valence-electron chi connectivity index (χ2n) is 3.71. The van der Waals surface area contributed by atoms with Gasteiger partial charge in [-0.1, -0.05) is 22.0 Å². The van der Waals surface area contributed by atoms with Crippen molar-refractivity contribution in [1.29, 1.82) is 0 Å². The van der Waals surface area contributed by atoms with Gasteiger partial charge in [0, 0.05) is 15.4 Å². The molecular weight excluding hydrogens is 313 g/mol. The molecule has 18 heavy (non-hydrogen) atoms. The Balaban J connectivity index is 2.18. The second-order valence-corrected chi connectivity index (χ2v) is 4.63. The van der Waals surface area contributed by atoms with E-state index in [1.807, 2.05) is 5.32 Å². The number of H-pyrrole nitrogens is 1. The summed E-state index contributed by atoms with van der Waals surface area (Å²) in [5.41, 5.74) is 0.786. The maximum Gasteiger partial charge on any atom is 0.405 e. The minimum absolute atomic E-state index is 0.104. The molecule has 0 aliphatic rings. The average molecular weight is 321 g/mol. The molecular formula is C11H8BrF3N2O. The number of carbonyl (C=O) groups is 1. The summed E-state index contributed by atoms with van der Waals surface area (Å²) in [6, 6.07) is 6.80. The number of benzene rings is 1. The Hall–Kier alpha value is -1.50.